The Labute approximate surface area is 172 Å². The van der Waals surface area contributed by atoms with Gasteiger partial charge in [-0.25, -0.2) is 9.67 Å². The van der Waals surface area contributed by atoms with E-state index in [1.54, 1.807) is 13.8 Å². The van der Waals surface area contributed by atoms with E-state index in [1.807, 2.05) is 44.2 Å². The van der Waals surface area contributed by atoms with Crippen LogP contribution in [0, 0.1) is 13.8 Å². The second-order valence-corrected chi connectivity index (χ2v) is 7.69. The van der Waals surface area contributed by atoms with E-state index >= 15 is 0 Å². The first-order valence-corrected chi connectivity index (χ1v) is 10.1. The summed E-state index contributed by atoms with van der Waals surface area (Å²) in [4.78, 5) is 18.1. The lowest BCUT2D eigenvalue weighted by molar-refractivity contribution is 0.497. The number of imidazole rings is 1. The van der Waals surface area contributed by atoms with E-state index < -0.39 is 0 Å². The Morgan fingerprint density at radius 2 is 1.83 bits per heavy atom. The highest BCUT2D eigenvalue weighted by molar-refractivity contribution is 6.03. The van der Waals surface area contributed by atoms with Crippen molar-refractivity contribution in [3.63, 3.8) is 0 Å². The minimum atomic E-state index is -0.0490. The predicted octanol–water partition coefficient (Wildman–Crippen LogP) is 3.15. The van der Waals surface area contributed by atoms with E-state index in [-0.39, 0.29) is 11.6 Å². The molecule has 4 aromatic heterocycles. The van der Waals surface area contributed by atoms with Crippen molar-refractivity contribution in [3.05, 3.63) is 52.1 Å². The first-order valence-electron chi connectivity index (χ1n) is 10.1. The summed E-state index contributed by atoms with van der Waals surface area (Å²) in [5, 5.41) is 19.1. The molecule has 5 aromatic rings. The van der Waals surface area contributed by atoms with Crippen molar-refractivity contribution in [1.29, 1.82) is 0 Å². The Hall–Kier alpha value is -3.62. The molecule has 4 heterocycles. The summed E-state index contributed by atoms with van der Waals surface area (Å²) in [5.41, 5.74) is 3.05. The normalized spacial score (nSPS) is 12.9. The van der Waals surface area contributed by atoms with Crippen molar-refractivity contribution in [2.24, 2.45) is 0 Å². The Morgan fingerprint density at radius 1 is 1.07 bits per heavy atom. The minimum Gasteiger partial charge on any atom is -0.288 e. The van der Waals surface area contributed by atoms with Crippen molar-refractivity contribution in [2.45, 2.75) is 46.6 Å². The minimum absolute atomic E-state index is 0.0124. The summed E-state index contributed by atoms with van der Waals surface area (Å²) in [6.07, 6.45) is 1.83. The van der Waals surface area contributed by atoms with Crippen LogP contribution in [0.25, 0.3) is 33.7 Å². The molecule has 0 aliphatic carbocycles. The molecule has 0 saturated carbocycles. The van der Waals surface area contributed by atoms with Gasteiger partial charge in [-0.15, -0.1) is 15.3 Å². The lowest BCUT2D eigenvalue weighted by atomic mass is 10.1. The van der Waals surface area contributed by atoms with Gasteiger partial charge in [0, 0.05) is 22.5 Å². The molecule has 0 bridgehead atoms. The van der Waals surface area contributed by atoms with Crippen LogP contribution >= 0.6 is 0 Å². The number of hydrogen-bond acceptors (Lipinski definition) is 6. The van der Waals surface area contributed by atoms with Gasteiger partial charge in [0.25, 0.3) is 17.3 Å². The molecule has 152 valence electrons. The third-order valence-corrected chi connectivity index (χ3v) is 5.44. The van der Waals surface area contributed by atoms with Crippen molar-refractivity contribution in [3.8, 4) is 5.95 Å². The third-order valence-electron chi connectivity index (χ3n) is 5.44. The van der Waals surface area contributed by atoms with Crippen LogP contribution in [0.15, 0.2) is 35.1 Å². The van der Waals surface area contributed by atoms with Crippen molar-refractivity contribution in [1.82, 2.24) is 39.1 Å². The van der Waals surface area contributed by atoms with Crippen molar-refractivity contribution in [2.75, 3.05) is 0 Å². The Balaban J connectivity index is 1.92. The van der Waals surface area contributed by atoms with E-state index in [1.165, 1.54) is 0 Å². The molecule has 5 rings (SSSR count). The third kappa shape index (κ3) is 2.62. The molecule has 30 heavy (non-hydrogen) atoms. The average Bonchev–Trinajstić information content (AvgIpc) is 3.27. The van der Waals surface area contributed by atoms with E-state index in [2.05, 4.69) is 39.2 Å². The molecule has 0 spiro atoms. The zero-order valence-corrected chi connectivity index (χ0v) is 17.4. The average molecular weight is 402 g/mol. The number of aromatic nitrogens is 8. The van der Waals surface area contributed by atoms with Crippen LogP contribution in [0.5, 0.6) is 0 Å². The van der Waals surface area contributed by atoms with Crippen LogP contribution in [0.2, 0.25) is 0 Å². The molecule has 1 atom stereocenters. The molecular weight excluding hydrogens is 380 g/mol. The molecule has 9 heteroatoms. The molecule has 0 aliphatic heterocycles. The van der Waals surface area contributed by atoms with Gasteiger partial charge in [-0.1, -0.05) is 31.5 Å². The van der Waals surface area contributed by atoms with Gasteiger partial charge in [-0.05, 0) is 39.3 Å². The second-order valence-electron chi connectivity index (χ2n) is 7.69. The fraction of sp³-hybridized carbons (Fsp3) is 0.333. The van der Waals surface area contributed by atoms with Crippen LogP contribution < -0.4 is 5.56 Å². The molecule has 0 aliphatic rings. The summed E-state index contributed by atoms with van der Waals surface area (Å²) < 4.78 is 5.06. The molecule has 0 saturated heterocycles. The number of nitrogens with zero attached hydrogens (tertiary/aromatic N) is 8. The number of pyridine rings is 1. The highest BCUT2D eigenvalue weighted by atomic mass is 16.1. The maximum absolute atomic E-state index is 13.5. The van der Waals surface area contributed by atoms with Crippen molar-refractivity contribution < 1.29 is 0 Å². The molecule has 0 fully saturated rings. The second kappa shape index (κ2) is 6.72. The molecule has 0 amide bonds. The van der Waals surface area contributed by atoms with E-state index in [0.717, 1.165) is 29.6 Å². The summed E-state index contributed by atoms with van der Waals surface area (Å²) >= 11 is 0. The van der Waals surface area contributed by atoms with Crippen LogP contribution in [0.3, 0.4) is 0 Å². The van der Waals surface area contributed by atoms with Crippen LogP contribution in [0.1, 0.15) is 44.1 Å². The SMILES string of the molecule is CCCC(C)n1c(=O)c2ccccc2c2nc3nnc(-n4nc(C)cc4C)nn3c21. The quantitative estimate of drug-likeness (QED) is 0.458. The summed E-state index contributed by atoms with van der Waals surface area (Å²) in [6.45, 7) is 8.01. The summed E-state index contributed by atoms with van der Waals surface area (Å²) in [5.74, 6) is 0.686. The zero-order chi connectivity index (χ0) is 21.0. The van der Waals surface area contributed by atoms with Gasteiger partial charge >= 0.3 is 0 Å². The molecular formula is C21H22N8O. The van der Waals surface area contributed by atoms with Crippen LogP contribution in [-0.4, -0.2) is 39.1 Å². The first-order chi connectivity index (χ1) is 14.5. The standard InChI is InChI=1S/C21H22N8O/c1-5-8-13(3)27-18-17(15-9-6-7-10-16(15)19(27)30)22-20-23-24-21(26-29(18)20)28-14(4)11-12(2)25-28/h6-7,9-11,13H,5,8H2,1-4H3. The number of fused-ring (bicyclic) bond motifs is 5. The molecule has 0 radical (unpaired) electrons. The lowest BCUT2D eigenvalue weighted by Crippen LogP contribution is -2.25. The Morgan fingerprint density at radius 3 is 2.53 bits per heavy atom. The van der Waals surface area contributed by atoms with Crippen molar-refractivity contribution >= 4 is 27.7 Å². The lowest BCUT2D eigenvalue weighted by Gasteiger charge is -2.17. The molecule has 1 aromatic carbocycles. The van der Waals surface area contributed by atoms with Crippen LogP contribution in [-0.2, 0) is 0 Å². The van der Waals surface area contributed by atoms with Gasteiger partial charge in [0.1, 0.15) is 5.52 Å². The number of rotatable bonds is 4. The van der Waals surface area contributed by atoms with E-state index in [9.17, 15) is 4.79 Å². The fourth-order valence-electron chi connectivity index (χ4n) is 4.12. The Bertz CT molecular complexity index is 1480. The van der Waals surface area contributed by atoms with Gasteiger partial charge in [0.15, 0.2) is 5.65 Å². The van der Waals surface area contributed by atoms with Gasteiger partial charge in [-0.2, -0.15) is 9.61 Å². The van der Waals surface area contributed by atoms with Gasteiger partial charge < -0.3 is 0 Å². The van der Waals surface area contributed by atoms with Gasteiger partial charge in [0.2, 0.25) is 0 Å². The monoisotopic (exact) mass is 402 g/mol. The highest BCUT2D eigenvalue weighted by Crippen LogP contribution is 2.26. The molecule has 1 unspecified atom stereocenters. The Kier molecular flexibility index (Phi) is 4.12. The highest BCUT2D eigenvalue weighted by Gasteiger charge is 2.21. The maximum atomic E-state index is 13.5. The zero-order valence-electron chi connectivity index (χ0n) is 17.4. The predicted molar refractivity (Wildman–Crippen MR) is 114 cm³/mol. The topological polar surface area (TPSA) is 95.8 Å². The van der Waals surface area contributed by atoms with E-state index in [4.69, 9.17) is 0 Å². The molecule has 9 nitrogen and oxygen atoms in total. The summed E-state index contributed by atoms with van der Waals surface area (Å²) in [7, 11) is 0. The summed E-state index contributed by atoms with van der Waals surface area (Å²) in [6, 6.07) is 9.48. The van der Waals surface area contributed by atoms with E-state index in [0.29, 0.717) is 28.3 Å². The van der Waals surface area contributed by atoms with Crippen LogP contribution in [0.4, 0.5) is 0 Å². The largest absolute Gasteiger partial charge is 0.288 e. The maximum Gasteiger partial charge on any atom is 0.287 e. The smallest absolute Gasteiger partial charge is 0.287 e. The number of aryl methyl sites for hydroxylation is 2. The van der Waals surface area contributed by atoms with Gasteiger partial charge in [0.05, 0.1) is 5.69 Å². The number of benzene rings is 1. The number of hydrogen-bond donors (Lipinski definition) is 0. The molecule has 0 N–H and O–H groups in total. The fourth-order valence-corrected chi connectivity index (χ4v) is 4.12. The van der Waals surface area contributed by atoms with Gasteiger partial charge in [-0.3, -0.25) is 9.36 Å². The first kappa shape index (κ1) is 18.4.